The fraction of sp³-hybridized carbons (Fsp3) is 0.500. The molecule has 0 saturated heterocycles. The Morgan fingerprint density at radius 3 is 2.58 bits per heavy atom. The molecule has 2 rings (SSSR count). The number of pyridine rings is 1. The average molecular weight is 344 g/mol. The lowest BCUT2D eigenvalue weighted by Crippen LogP contribution is -2.48. The highest BCUT2D eigenvalue weighted by atomic mass is 79.9. The summed E-state index contributed by atoms with van der Waals surface area (Å²) in [5.41, 5.74) is -0.973. The Hall–Kier alpha value is -0.970. The molecule has 1 aliphatic carbocycles. The molecule has 1 N–H and O–H groups in total. The fourth-order valence-electron chi connectivity index (χ4n) is 2.25. The van der Waals surface area contributed by atoms with Gasteiger partial charge in [-0.1, -0.05) is 19.3 Å². The highest BCUT2D eigenvalue weighted by Gasteiger charge is 2.36. The largest absolute Gasteiger partial charge is 0.262 e. The topological polar surface area (TPSA) is 82.9 Å². The van der Waals surface area contributed by atoms with Crippen LogP contribution in [0.15, 0.2) is 27.8 Å². The van der Waals surface area contributed by atoms with Gasteiger partial charge in [0.15, 0.2) is 0 Å². The van der Waals surface area contributed by atoms with Crippen molar-refractivity contribution in [2.24, 2.45) is 0 Å². The Morgan fingerprint density at radius 1 is 1.32 bits per heavy atom. The number of hydrogen-bond donors (Lipinski definition) is 1. The summed E-state index contributed by atoms with van der Waals surface area (Å²) in [5.74, 6) is 0. The van der Waals surface area contributed by atoms with Crippen LogP contribution in [0, 0.1) is 11.3 Å². The predicted molar refractivity (Wildman–Crippen MR) is 73.7 cm³/mol. The standard InChI is InChI=1S/C12H14BrN3O2S/c13-10-6-11(8-15-7-10)19(17,18)16-12(9-14)4-2-1-3-5-12/h6-8,16H,1-5H2. The van der Waals surface area contributed by atoms with Crippen LogP contribution in [0.4, 0.5) is 0 Å². The zero-order valence-electron chi connectivity index (χ0n) is 10.3. The molecule has 0 radical (unpaired) electrons. The van der Waals surface area contributed by atoms with Crippen LogP contribution < -0.4 is 4.72 Å². The third kappa shape index (κ3) is 3.32. The van der Waals surface area contributed by atoms with Gasteiger partial charge < -0.3 is 0 Å². The van der Waals surface area contributed by atoms with Crippen molar-refractivity contribution in [3.63, 3.8) is 0 Å². The molecule has 1 aromatic rings. The second-order valence-electron chi connectivity index (χ2n) is 4.70. The number of aromatic nitrogens is 1. The second-order valence-corrected chi connectivity index (χ2v) is 7.30. The molecule has 1 fully saturated rings. The zero-order valence-corrected chi connectivity index (χ0v) is 12.7. The molecular weight excluding hydrogens is 330 g/mol. The molecule has 1 saturated carbocycles. The molecule has 102 valence electrons. The number of nitrogens with one attached hydrogen (secondary N) is 1. The zero-order chi connectivity index (χ0) is 13.9. The smallest absolute Gasteiger partial charge is 0.243 e. The number of sulfonamides is 1. The molecule has 7 heteroatoms. The Bertz CT molecular complexity index is 604. The minimum atomic E-state index is -3.72. The van der Waals surface area contributed by atoms with Gasteiger partial charge in [-0.15, -0.1) is 0 Å². The monoisotopic (exact) mass is 343 g/mol. The first-order valence-electron chi connectivity index (χ1n) is 6.03. The molecule has 0 aliphatic heterocycles. The molecular formula is C12H14BrN3O2S. The van der Waals surface area contributed by atoms with E-state index in [1.54, 1.807) is 0 Å². The van der Waals surface area contributed by atoms with Crippen molar-refractivity contribution in [2.45, 2.75) is 42.5 Å². The number of rotatable bonds is 3. The van der Waals surface area contributed by atoms with Crippen molar-refractivity contribution < 1.29 is 8.42 Å². The number of nitriles is 1. The van der Waals surface area contributed by atoms with Crippen molar-refractivity contribution in [1.82, 2.24) is 9.71 Å². The Kier molecular flexibility index (Phi) is 4.23. The van der Waals surface area contributed by atoms with Crippen LogP contribution in [-0.4, -0.2) is 18.9 Å². The summed E-state index contributed by atoms with van der Waals surface area (Å²) in [7, 11) is -3.72. The van der Waals surface area contributed by atoms with Crippen LogP contribution in [-0.2, 0) is 10.0 Å². The lowest BCUT2D eigenvalue weighted by molar-refractivity contribution is 0.338. The molecule has 0 aromatic carbocycles. The fourth-order valence-corrected chi connectivity index (χ4v) is 4.13. The van der Waals surface area contributed by atoms with E-state index in [0.29, 0.717) is 17.3 Å². The minimum absolute atomic E-state index is 0.0714. The van der Waals surface area contributed by atoms with Crippen LogP contribution in [0.25, 0.3) is 0 Å². The first-order chi connectivity index (χ1) is 8.97. The molecule has 1 aromatic heterocycles. The quantitative estimate of drug-likeness (QED) is 0.912. The van der Waals surface area contributed by atoms with E-state index in [0.717, 1.165) is 19.3 Å². The lowest BCUT2D eigenvalue weighted by Gasteiger charge is -2.31. The maximum Gasteiger partial charge on any atom is 0.243 e. The van der Waals surface area contributed by atoms with E-state index in [1.807, 2.05) is 0 Å². The van der Waals surface area contributed by atoms with E-state index >= 15 is 0 Å². The number of hydrogen-bond acceptors (Lipinski definition) is 4. The maximum absolute atomic E-state index is 12.3. The van der Waals surface area contributed by atoms with Gasteiger partial charge in [-0.25, -0.2) is 8.42 Å². The summed E-state index contributed by atoms with van der Waals surface area (Å²) >= 11 is 3.19. The van der Waals surface area contributed by atoms with Gasteiger partial charge in [-0.3, -0.25) is 4.98 Å². The van der Waals surface area contributed by atoms with Gasteiger partial charge in [0.25, 0.3) is 0 Å². The van der Waals surface area contributed by atoms with Crippen molar-refractivity contribution >= 4 is 26.0 Å². The van der Waals surface area contributed by atoms with Crippen molar-refractivity contribution in [1.29, 1.82) is 5.26 Å². The van der Waals surface area contributed by atoms with Gasteiger partial charge in [0.2, 0.25) is 10.0 Å². The molecule has 0 unspecified atom stereocenters. The second kappa shape index (κ2) is 5.57. The summed E-state index contributed by atoms with van der Waals surface area (Å²) in [4.78, 5) is 3.91. The van der Waals surface area contributed by atoms with Crippen LogP contribution >= 0.6 is 15.9 Å². The molecule has 0 bridgehead atoms. The lowest BCUT2D eigenvalue weighted by atomic mass is 9.84. The van der Waals surface area contributed by atoms with Gasteiger partial charge in [0.05, 0.1) is 6.07 Å². The van der Waals surface area contributed by atoms with Gasteiger partial charge in [-0.05, 0) is 34.8 Å². The first-order valence-corrected chi connectivity index (χ1v) is 8.31. The Morgan fingerprint density at radius 2 is 2.00 bits per heavy atom. The number of halogens is 1. The predicted octanol–water partition coefficient (Wildman–Crippen LogP) is 2.35. The summed E-state index contributed by atoms with van der Waals surface area (Å²) in [5, 5.41) is 9.30. The summed E-state index contributed by atoms with van der Waals surface area (Å²) in [6.07, 6.45) is 6.69. The van der Waals surface area contributed by atoms with E-state index in [9.17, 15) is 13.7 Å². The van der Waals surface area contributed by atoms with Gasteiger partial charge >= 0.3 is 0 Å². The SMILES string of the molecule is N#CC1(NS(=O)(=O)c2cncc(Br)c2)CCCCC1. The Labute approximate surface area is 121 Å². The van der Waals surface area contributed by atoms with E-state index < -0.39 is 15.6 Å². The van der Waals surface area contributed by atoms with Crippen LogP contribution in [0.2, 0.25) is 0 Å². The summed E-state index contributed by atoms with van der Waals surface area (Å²) < 4.78 is 27.7. The molecule has 0 amide bonds. The molecule has 19 heavy (non-hydrogen) atoms. The van der Waals surface area contributed by atoms with Gasteiger partial charge in [0.1, 0.15) is 10.4 Å². The van der Waals surface area contributed by atoms with Crippen molar-refractivity contribution in [3.8, 4) is 6.07 Å². The minimum Gasteiger partial charge on any atom is -0.262 e. The normalized spacial score (nSPS) is 18.7. The maximum atomic E-state index is 12.3. The third-order valence-electron chi connectivity index (χ3n) is 3.24. The van der Waals surface area contributed by atoms with E-state index in [4.69, 9.17) is 0 Å². The molecule has 0 atom stereocenters. The van der Waals surface area contributed by atoms with Crippen LogP contribution in [0.1, 0.15) is 32.1 Å². The highest BCUT2D eigenvalue weighted by molar-refractivity contribution is 9.10. The van der Waals surface area contributed by atoms with Gasteiger partial charge in [0, 0.05) is 16.9 Å². The molecule has 5 nitrogen and oxygen atoms in total. The van der Waals surface area contributed by atoms with E-state index in [1.165, 1.54) is 18.5 Å². The van der Waals surface area contributed by atoms with Crippen LogP contribution in [0.3, 0.4) is 0 Å². The summed E-state index contributed by atoms with van der Waals surface area (Å²) in [6, 6.07) is 3.61. The molecule has 0 spiro atoms. The molecule has 1 aliphatic rings. The van der Waals surface area contributed by atoms with Crippen molar-refractivity contribution in [3.05, 3.63) is 22.9 Å². The van der Waals surface area contributed by atoms with Crippen LogP contribution in [0.5, 0.6) is 0 Å². The van der Waals surface area contributed by atoms with Gasteiger partial charge in [-0.2, -0.15) is 9.98 Å². The summed E-state index contributed by atoms with van der Waals surface area (Å²) in [6.45, 7) is 0. The highest BCUT2D eigenvalue weighted by Crippen LogP contribution is 2.29. The Balaban J connectivity index is 2.28. The average Bonchev–Trinajstić information content (AvgIpc) is 2.39. The van der Waals surface area contributed by atoms with E-state index in [2.05, 4.69) is 31.7 Å². The first kappa shape index (κ1) is 14.4. The third-order valence-corrected chi connectivity index (χ3v) is 5.18. The van der Waals surface area contributed by atoms with E-state index in [-0.39, 0.29) is 4.90 Å². The number of nitrogens with zero attached hydrogens (tertiary/aromatic N) is 2. The molecule has 1 heterocycles. The van der Waals surface area contributed by atoms with Crippen molar-refractivity contribution in [2.75, 3.05) is 0 Å².